The number of thioether (sulfide) groups is 2. The Morgan fingerprint density at radius 3 is 1.15 bits per heavy atom. The van der Waals surface area contributed by atoms with E-state index in [1.807, 2.05) is 72.8 Å². The molecule has 1 aliphatic heterocycles. The van der Waals surface area contributed by atoms with Crippen LogP contribution in [0, 0.1) is 11.8 Å². The Balaban J connectivity index is 0.000000233. The van der Waals surface area contributed by atoms with Crippen LogP contribution in [-0.4, -0.2) is 230 Å². The monoisotopic (exact) mass is 1540 g/mol. The first-order chi connectivity index (χ1) is 52.7. The van der Waals surface area contributed by atoms with E-state index in [-0.39, 0.29) is 84.5 Å². The molecule has 9 aromatic rings. The van der Waals surface area contributed by atoms with E-state index in [2.05, 4.69) is 60.5 Å². The highest BCUT2D eigenvalue weighted by Gasteiger charge is 2.33. The van der Waals surface area contributed by atoms with Gasteiger partial charge >= 0.3 is 29.8 Å². The van der Waals surface area contributed by atoms with Gasteiger partial charge in [-0.15, -0.1) is 50.0 Å². The number of carbonyl (C=O) groups is 9. The van der Waals surface area contributed by atoms with E-state index in [9.17, 15) is 63.6 Å². The number of amides is 3. The first-order valence-corrected chi connectivity index (χ1v) is 36.8. The third-order valence-corrected chi connectivity index (χ3v) is 18.1. The van der Waals surface area contributed by atoms with Gasteiger partial charge in [0.15, 0.2) is 0 Å². The second-order valence-corrected chi connectivity index (χ2v) is 27.4. The van der Waals surface area contributed by atoms with Gasteiger partial charge in [-0.3, -0.25) is 28.8 Å². The smallest absolute Gasteiger partial charge is 0.359 e. The molecule has 29 nitrogen and oxygen atoms in total. The predicted octanol–water partition coefficient (Wildman–Crippen LogP) is 5.52. The van der Waals surface area contributed by atoms with Gasteiger partial charge < -0.3 is 50.5 Å². The zero-order valence-electron chi connectivity index (χ0n) is 62.0. The fourth-order valence-electron chi connectivity index (χ4n) is 9.28. The SMILES string of the molecule is C=C(C)C(=O)NC(CSCC(C)C(=O)OCCc1ccc(O)c(-n2nc3ccccc3n2)c1)C(=O)O.C=C(C)C(=O)OCCc1ccc(O)c(-n2nc3ccccc3n2)c1.C=C(C)C(=O)ON1C(=O)CCC1=O.CC(=O)C(N)CSCC(C)C(=O)OCCc1ccc(O)c(-n2nc3ccccc3n2)c1.[B]B([B])[B]B([B])[B]. The van der Waals surface area contributed by atoms with Crippen molar-refractivity contribution in [3.8, 4) is 34.3 Å². The van der Waals surface area contributed by atoms with Crippen molar-refractivity contribution in [3.63, 3.8) is 0 Å². The van der Waals surface area contributed by atoms with E-state index in [4.69, 9.17) is 50.9 Å². The number of esters is 3. The van der Waals surface area contributed by atoms with Crippen LogP contribution >= 0.6 is 23.5 Å². The lowest BCUT2D eigenvalue weighted by atomic mass is 8.81. The fourth-order valence-corrected chi connectivity index (χ4v) is 11.5. The Morgan fingerprint density at radius 2 is 0.856 bits per heavy atom. The molecule has 4 unspecified atom stereocenters. The molecular formula is C73H80B7N12O17S2. The second-order valence-electron chi connectivity index (χ2n) is 25.2. The van der Waals surface area contributed by atoms with Crippen molar-refractivity contribution in [1.29, 1.82) is 0 Å². The maximum atomic E-state index is 12.4. The predicted molar refractivity (Wildman–Crippen MR) is 429 cm³/mol. The molecule has 7 N–H and O–H groups in total. The summed E-state index contributed by atoms with van der Waals surface area (Å²) in [5, 5.41) is 69.1. The van der Waals surface area contributed by atoms with Crippen LogP contribution in [0.1, 0.15) is 71.1 Å². The van der Waals surface area contributed by atoms with Crippen molar-refractivity contribution in [2.24, 2.45) is 17.6 Å². The molecule has 3 amide bonds. The molecule has 3 aromatic heterocycles. The van der Waals surface area contributed by atoms with E-state index < -0.39 is 72.4 Å². The van der Waals surface area contributed by atoms with Crippen molar-refractivity contribution in [3.05, 3.63) is 181 Å². The number of ether oxygens (including phenoxy) is 3. The summed E-state index contributed by atoms with van der Waals surface area (Å²) in [6.07, 6.45) is 0.639. The Morgan fingerprint density at radius 1 is 0.523 bits per heavy atom. The number of hydrogen-bond donors (Lipinski definition) is 6. The molecule has 0 bridgehead atoms. The van der Waals surface area contributed by atoms with Crippen LogP contribution in [0.2, 0.25) is 0 Å². The lowest BCUT2D eigenvalue weighted by Gasteiger charge is -2.16. The topological polar surface area (TPSA) is 405 Å². The van der Waals surface area contributed by atoms with Gasteiger partial charge in [0.1, 0.15) is 79.2 Å². The molecule has 567 valence electrons. The van der Waals surface area contributed by atoms with Gasteiger partial charge in [-0.2, -0.15) is 23.5 Å². The maximum absolute atomic E-state index is 12.4. The average Bonchev–Trinajstić information content (AvgIpc) is 1.69. The number of benzene rings is 6. The third kappa shape index (κ3) is 28.7. The van der Waals surface area contributed by atoms with E-state index in [1.165, 1.54) is 65.7 Å². The van der Waals surface area contributed by atoms with Gasteiger partial charge in [-0.05, 0) is 117 Å². The summed E-state index contributed by atoms with van der Waals surface area (Å²) in [5.41, 5.74) is 14.8. The number of hydroxylamine groups is 2. The van der Waals surface area contributed by atoms with Crippen LogP contribution in [0.15, 0.2) is 164 Å². The molecule has 4 atom stereocenters. The number of nitrogens with zero attached hydrogens (tertiary/aromatic N) is 10. The molecule has 111 heavy (non-hydrogen) atoms. The van der Waals surface area contributed by atoms with Crippen molar-refractivity contribution >= 4 is 161 Å². The molecule has 1 aliphatic rings. The van der Waals surface area contributed by atoms with Gasteiger partial charge in [0.05, 0.1) is 37.7 Å². The molecule has 6 aromatic carbocycles. The van der Waals surface area contributed by atoms with Crippen LogP contribution in [0.5, 0.6) is 17.2 Å². The van der Waals surface area contributed by atoms with Gasteiger partial charge in [-0.25, -0.2) is 14.4 Å². The minimum Gasteiger partial charge on any atom is -0.506 e. The van der Waals surface area contributed by atoms with Crippen molar-refractivity contribution in [1.82, 2.24) is 55.4 Å². The molecule has 38 heteroatoms. The summed E-state index contributed by atoms with van der Waals surface area (Å²) in [4.78, 5) is 112. The van der Waals surface area contributed by atoms with Gasteiger partial charge in [-0.1, -0.05) is 88.2 Å². The zero-order chi connectivity index (χ0) is 81.6. The van der Waals surface area contributed by atoms with Crippen LogP contribution in [0.4, 0.5) is 0 Å². The van der Waals surface area contributed by atoms with Crippen LogP contribution in [0.3, 0.4) is 0 Å². The summed E-state index contributed by atoms with van der Waals surface area (Å²) in [7, 11) is 21.7. The summed E-state index contributed by atoms with van der Waals surface area (Å²) in [5.74, 6) is -3.67. The molecule has 10 rings (SSSR count). The minimum absolute atomic E-state index is 0.0285. The van der Waals surface area contributed by atoms with Crippen molar-refractivity contribution in [2.75, 3.05) is 42.8 Å². The zero-order valence-corrected chi connectivity index (χ0v) is 63.7. The first-order valence-electron chi connectivity index (χ1n) is 34.5. The molecule has 4 heterocycles. The number of phenolic OH excluding ortho intramolecular Hbond substituents is 3. The number of ketones is 1. The highest BCUT2D eigenvalue weighted by atomic mass is 32.2. The maximum Gasteiger partial charge on any atom is 0.359 e. The second kappa shape index (κ2) is 43.9. The standard InChI is InChI=1S/C25H28N4O6S.C22H26N4O4S.C18H17N3O3.C8H9NO4.B7/c1-15(2)23(31)26-20(24(32)33)14-36-13-16(3)25(34)35-11-10-17-8-9-22(30)21(12-17)29-27-18-6-4-5-7-19(18)28-29;1-14(12-31-13-17(23)15(2)27)22(29)30-10-9-16-7-8-21(28)20(11-16)26-24-18-5-3-4-6-19(18)25-26;1-12(2)18(23)24-10-9-13-7-8-17(22)16(11-13)21-19-14-5-3-4-6-15(14)20-21;1-5(2)8(12)13-9-6(10)3-4-7(9)11;1-6(2)5-7(3)4/h4-9,12,16,20,30H,1,10-11,13-14H2,2-3H3,(H,26,31)(H,32,33);3-8,11,14,17,28H,9-10,12-13,23H2,1-2H3;3-8,11,22H,1,9-10H2,2H3;1,3-4H2,2H3;. The number of fused-ring (bicyclic) bond motifs is 3. The normalized spacial score (nSPS) is 12.4. The van der Waals surface area contributed by atoms with Crippen molar-refractivity contribution in [2.45, 2.75) is 85.7 Å². The molecular weight excluding hydrogens is 1460 g/mol. The summed E-state index contributed by atoms with van der Waals surface area (Å²) in [6, 6.07) is 36.1. The van der Waals surface area contributed by atoms with E-state index in [1.54, 1.807) is 75.4 Å². The van der Waals surface area contributed by atoms with Gasteiger partial charge in [0.2, 0.25) is 5.91 Å². The quantitative estimate of drug-likeness (QED) is 0.0102. The van der Waals surface area contributed by atoms with Gasteiger partial charge in [0, 0.05) is 123 Å². The number of Topliss-reactive ketones (excluding diaryl/α,β-unsaturated/α-hetero) is 1. The van der Waals surface area contributed by atoms with Gasteiger partial charge in [0.25, 0.3) is 11.8 Å². The average molecular weight is 1540 g/mol. The number of imide groups is 1. The Labute approximate surface area is 656 Å². The number of carboxylic acids is 1. The largest absolute Gasteiger partial charge is 0.506 e. The summed E-state index contributed by atoms with van der Waals surface area (Å²) < 4.78 is 15.9. The van der Waals surface area contributed by atoms with Crippen LogP contribution < -0.4 is 11.1 Å². The number of nitrogens with two attached hydrogens (primary N) is 1. The number of carboxylic acid groups (broad SMARTS) is 1. The van der Waals surface area contributed by atoms with Crippen LogP contribution in [0.25, 0.3) is 50.2 Å². The number of nitrogens with one attached hydrogen (secondary N) is 1. The number of hydrogen-bond acceptors (Lipinski definition) is 25. The molecule has 1 fully saturated rings. The number of rotatable bonds is 31. The number of carbonyl (C=O) groups excluding carboxylic acids is 8. The highest BCUT2D eigenvalue weighted by molar-refractivity contribution is 7.99. The lowest BCUT2D eigenvalue weighted by molar-refractivity contribution is -0.194. The fraction of sp³-hybridized carbons (Fsp3) is 0.301. The third-order valence-electron chi connectivity index (χ3n) is 15.5. The number of aromatic hydroxyl groups is 3. The molecule has 0 spiro atoms. The summed E-state index contributed by atoms with van der Waals surface area (Å²) >= 11 is 2.71. The minimum atomic E-state index is -1.15. The number of aliphatic carboxylic acids is 1. The van der Waals surface area contributed by atoms with E-state index in [0.717, 1.165) is 38.8 Å². The van der Waals surface area contributed by atoms with E-state index in [0.29, 0.717) is 75.3 Å². The Bertz CT molecular complexity index is 4700. The number of phenols is 3. The Hall–Kier alpha value is -11.1. The number of aromatic nitrogens is 9. The molecule has 0 aliphatic carbocycles. The lowest BCUT2D eigenvalue weighted by Crippen LogP contribution is -2.43. The van der Waals surface area contributed by atoms with E-state index >= 15 is 0 Å². The highest BCUT2D eigenvalue weighted by Crippen LogP contribution is 2.27. The molecule has 1 saturated heterocycles. The van der Waals surface area contributed by atoms with Crippen molar-refractivity contribution < 1.29 is 82.6 Å². The summed E-state index contributed by atoms with van der Waals surface area (Å²) in [6.45, 7) is 20.4. The molecule has 0 saturated carbocycles. The first kappa shape index (κ1) is 88.8. The molecule has 9 radical (unpaired) electrons. The Kier molecular flexibility index (Phi) is 35.1. The van der Waals surface area contributed by atoms with Crippen LogP contribution in [-0.2, 0) is 81.5 Å².